The van der Waals surface area contributed by atoms with Crippen LogP contribution in [0.2, 0.25) is 0 Å². The van der Waals surface area contributed by atoms with Crippen molar-refractivity contribution in [2.75, 3.05) is 25.1 Å². The molecular weight excluding hydrogens is 285 g/mol. The maximum atomic E-state index is 13.4. The largest absolute Gasteiger partial charge is 0.478 e. The molecule has 0 aliphatic heterocycles. The van der Waals surface area contributed by atoms with Crippen LogP contribution in [-0.2, 0) is 9.53 Å². The highest BCUT2D eigenvalue weighted by molar-refractivity contribution is 6.00. The maximum Gasteiger partial charge on any atom is 0.340 e. The number of nitrogens with one attached hydrogen (secondary N) is 2. The highest BCUT2D eigenvalue weighted by Gasteiger charge is 2.16. The predicted octanol–water partition coefficient (Wildman–Crippen LogP) is 0.147. The lowest BCUT2D eigenvalue weighted by Crippen LogP contribution is -2.33. The van der Waals surface area contributed by atoms with E-state index in [-0.39, 0.29) is 25.4 Å². The number of rotatable bonds is 7. The summed E-state index contributed by atoms with van der Waals surface area (Å²) in [6.07, 6.45) is 0. The third-order valence-corrected chi connectivity index (χ3v) is 2.25. The second-order valence-electron chi connectivity index (χ2n) is 3.87. The number of aromatic carboxylic acids is 1. The van der Waals surface area contributed by atoms with Gasteiger partial charge in [-0.2, -0.15) is 0 Å². The summed E-state index contributed by atoms with van der Waals surface area (Å²) >= 11 is 0. The normalized spacial score (nSPS) is 9.95. The van der Waals surface area contributed by atoms with Crippen LogP contribution in [0, 0.1) is 5.82 Å². The number of hydrogen-bond donors (Lipinski definition) is 4. The van der Waals surface area contributed by atoms with E-state index in [9.17, 15) is 18.8 Å². The second-order valence-corrected chi connectivity index (χ2v) is 3.87. The molecule has 3 amide bonds. The van der Waals surface area contributed by atoms with Crippen molar-refractivity contribution < 1.29 is 28.6 Å². The van der Waals surface area contributed by atoms with Crippen LogP contribution in [0.3, 0.4) is 0 Å². The van der Waals surface area contributed by atoms with Gasteiger partial charge in [-0.3, -0.25) is 4.79 Å². The number of carbonyl (C=O) groups excluding carboxylic acids is 2. The molecule has 114 valence electrons. The molecule has 0 fully saturated rings. The summed E-state index contributed by atoms with van der Waals surface area (Å²) in [5.41, 5.74) is 4.05. The maximum absolute atomic E-state index is 13.4. The monoisotopic (exact) mass is 299 g/mol. The summed E-state index contributed by atoms with van der Waals surface area (Å²) in [5, 5.41) is 13.4. The van der Waals surface area contributed by atoms with Crippen LogP contribution < -0.4 is 16.4 Å². The van der Waals surface area contributed by atoms with Gasteiger partial charge in [-0.15, -0.1) is 0 Å². The standard InChI is InChI=1S/C12H14FN3O5/c13-7-2-1-3-8(10(7)11(18)19)16-12(20)15-4-5-21-6-9(14)17/h1-3H,4-6H2,(H2,14,17)(H,18,19)(H2,15,16,20). The van der Waals surface area contributed by atoms with Gasteiger partial charge in [0.25, 0.3) is 0 Å². The molecule has 9 heteroatoms. The van der Waals surface area contributed by atoms with E-state index in [1.807, 2.05) is 0 Å². The SMILES string of the molecule is NC(=O)COCCNC(=O)Nc1cccc(F)c1C(=O)O. The molecule has 5 N–H and O–H groups in total. The van der Waals surface area contributed by atoms with Gasteiger partial charge in [-0.1, -0.05) is 6.07 Å². The van der Waals surface area contributed by atoms with E-state index < -0.39 is 29.3 Å². The minimum atomic E-state index is -1.49. The summed E-state index contributed by atoms with van der Waals surface area (Å²) in [6, 6.07) is 2.78. The fourth-order valence-corrected chi connectivity index (χ4v) is 1.42. The van der Waals surface area contributed by atoms with Crippen molar-refractivity contribution >= 4 is 23.6 Å². The summed E-state index contributed by atoms with van der Waals surface area (Å²) in [4.78, 5) is 32.8. The van der Waals surface area contributed by atoms with Gasteiger partial charge in [-0.25, -0.2) is 14.0 Å². The number of primary amides is 1. The van der Waals surface area contributed by atoms with Gasteiger partial charge < -0.3 is 26.2 Å². The first kappa shape index (κ1) is 16.4. The number of anilines is 1. The Balaban J connectivity index is 2.50. The van der Waals surface area contributed by atoms with E-state index in [0.717, 1.165) is 6.07 Å². The highest BCUT2D eigenvalue weighted by atomic mass is 19.1. The number of hydrogen-bond acceptors (Lipinski definition) is 4. The Labute approximate surface area is 119 Å². The van der Waals surface area contributed by atoms with Crippen molar-refractivity contribution in [2.24, 2.45) is 5.73 Å². The Morgan fingerprint density at radius 2 is 2.05 bits per heavy atom. The first-order valence-electron chi connectivity index (χ1n) is 5.84. The first-order valence-corrected chi connectivity index (χ1v) is 5.84. The molecule has 0 spiro atoms. The molecule has 0 radical (unpaired) electrons. The Bertz CT molecular complexity index is 550. The van der Waals surface area contributed by atoms with E-state index in [4.69, 9.17) is 15.6 Å². The fourth-order valence-electron chi connectivity index (χ4n) is 1.42. The molecule has 0 aliphatic rings. The van der Waals surface area contributed by atoms with E-state index in [1.165, 1.54) is 12.1 Å². The summed E-state index contributed by atoms with van der Waals surface area (Å²) in [5.74, 6) is -3.08. The van der Waals surface area contributed by atoms with Crippen molar-refractivity contribution in [2.45, 2.75) is 0 Å². The number of carboxylic acids is 1. The quantitative estimate of drug-likeness (QED) is 0.532. The van der Waals surface area contributed by atoms with Gasteiger partial charge in [0.05, 0.1) is 12.3 Å². The number of ether oxygens (including phenoxy) is 1. The molecule has 0 saturated carbocycles. The van der Waals surface area contributed by atoms with Crippen LogP contribution in [0.4, 0.5) is 14.9 Å². The van der Waals surface area contributed by atoms with E-state index in [2.05, 4.69) is 10.6 Å². The average Bonchev–Trinajstić information content (AvgIpc) is 2.37. The molecule has 0 bridgehead atoms. The average molecular weight is 299 g/mol. The molecule has 8 nitrogen and oxygen atoms in total. The fraction of sp³-hybridized carbons (Fsp3) is 0.250. The van der Waals surface area contributed by atoms with Crippen molar-refractivity contribution in [3.63, 3.8) is 0 Å². The Morgan fingerprint density at radius 1 is 1.33 bits per heavy atom. The number of amides is 3. The van der Waals surface area contributed by atoms with E-state index in [1.54, 1.807) is 0 Å². The van der Waals surface area contributed by atoms with E-state index in [0.29, 0.717) is 0 Å². The third-order valence-electron chi connectivity index (χ3n) is 2.25. The zero-order valence-electron chi connectivity index (χ0n) is 10.9. The van der Waals surface area contributed by atoms with Crippen LogP contribution >= 0.6 is 0 Å². The minimum Gasteiger partial charge on any atom is -0.478 e. The molecule has 1 rings (SSSR count). The zero-order chi connectivity index (χ0) is 15.8. The summed E-state index contributed by atoms with van der Waals surface area (Å²) in [7, 11) is 0. The van der Waals surface area contributed by atoms with Gasteiger partial charge in [0.15, 0.2) is 0 Å². The minimum absolute atomic E-state index is 0.0469. The third kappa shape index (κ3) is 5.45. The number of carbonyl (C=O) groups is 3. The van der Waals surface area contributed by atoms with Crippen molar-refractivity contribution in [1.82, 2.24) is 5.32 Å². The van der Waals surface area contributed by atoms with Crippen molar-refractivity contribution in [1.29, 1.82) is 0 Å². The molecular formula is C12H14FN3O5. The molecule has 0 unspecified atom stereocenters. The molecule has 1 aromatic carbocycles. The molecule has 0 saturated heterocycles. The zero-order valence-corrected chi connectivity index (χ0v) is 10.9. The lowest BCUT2D eigenvalue weighted by atomic mass is 10.1. The summed E-state index contributed by atoms with van der Waals surface area (Å²) in [6.45, 7) is -0.154. The van der Waals surface area contributed by atoms with Crippen LogP contribution in [0.5, 0.6) is 0 Å². The van der Waals surface area contributed by atoms with E-state index >= 15 is 0 Å². The number of halogens is 1. The van der Waals surface area contributed by atoms with Gasteiger partial charge >= 0.3 is 12.0 Å². The second kappa shape index (κ2) is 7.80. The predicted molar refractivity (Wildman–Crippen MR) is 70.4 cm³/mol. The topological polar surface area (TPSA) is 131 Å². The number of carboxylic acid groups (broad SMARTS) is 1. The highest BCUT2D eigenvalue weighted by Crippen LogP contribution is 2.18. The molecule has 0 aromatic heterocycles. The van der Waals surface area contributed by atoms with Crippen molar-refractivity contribution in [3.05, 3.63) is 29.6 Å². The van der Waals surface area contributed by atoms with Gasteiger partial charge in [-0.05, 0) is 12.1 Å². The van der Waals surface area contributed by atoms with Gasteiger partial charge in [0.1, 0.15) is 18.0 Å². The van der Waals surface area contributed by atoms with Crippen LogP contribution in [-0.4, -0.2) is 42.8 Å². The van der Waals surface area contributed by atoms with Crippen LogP contribution in [0.1, 0.15) is 10.4 Å². The van der Waals surface area contributed by atoms with Gasteiger partial charge in [0, 0.05) is 6.54 Å². The molecule has 21 heavy (non-hydrogen) atoms. The molecule has 0 atom stereocenters. The van der Waals surface area contributed by atoms with Crippen LogP contribution in [0.15, 0.2) is 18.2 Å². The molecule has 1 aromatic rings. The number of benzene rings is 1. The number of nitrogens with two attached hydrogens (primary N) is 1. The summed E-state index contributed by atoms with van der Waals surface area (Å²) < 4.78 is 18.2. The van der Waals surface area contributed by atoms with Crippen molar-refractivity contribution in [3.8, 4) is 0 Å². The van der Waals surface area contributed by atoms with Crippen LogP contribution in [0.25, 0.3) is 0 Å². The molecule has 0 aliphatic carbocycles. The lowest BCUT2D eigenvalue weighted by molar-refractivity contribution is -0.122. The Kier molecular flexibility index (Phi) is 6.08. The Hall–Kier alpha value is -2.68. The number of urea groups is 1. The lowest BCUT2D eigenvalue weighted by Gasteiger charge is -2.10. The van der Waals surface area contributed by atoms with Gasteiger partial charge in [0.2, 0.25) is 5.91 Å². The smallest absolute Gasteiger partial charge is 0.340 e. The first-order chi connectivity index (χ1) is 9.91. The Morgan fingerprint density at radius 3 is 2.67 bits per heavy atom. The molecule has 0 heterocycles.